The zero-order valence-corrected chi connectivity index (χ0v) is 15.2. The molecule has 7 nitrogen and oxygen atoms in total. The molecule has 2 aromatic heterocycles. The van der Waals surface area contributed by atoms with Crippen LogP contribution in [-0.4, -0.2) is 58.1 Å². The van der Waals surface area contributed by atoms with Gasteiger partial charge >= 0.3 is 0 Å². The van der Waals surface area contributed by atoms with E-state index in [1.54, 1.807) is 12.4 Å². The van der Waals surface area contributed by atoms with Crippen LogP contribution in [0, 0.1) is 5.92 Å². The maximum absolute atomic E-state index is 12.0. The average Bonchev–Trinajstić information content (AvgIpc) is 3.21. The first-order chi connectivity index (χ1) is 12.7. The summed E-state index contributed by atoms with van der Waals surface area (Å²) in [4.78, 5) is 18.6. The summed E-state index contributed by atoms with van der Waals surface area (Å²) in [6.07, 6.45) is 9.59. The van der Waals surface area contributed by atoms with Crippen molar-refractivity contribution < 1.29 is 4.79 Å². The maximum Gasteiger partial charge on any atom is 0.243 e. The molecule has 0 aromatic carbocycles. The summed E-state index contributed by atoms with van der Waals surface area (Å²) < 4.78 is 1.83. The van der Waals surface area contributed by atoms with Crippen molar-refractivity contribution in [1.29, 1.82) is 0 Å². The molecule has 3 heterocycles. The number of anilines is 1. The first-order valence-electron chi connectivity index (χ1n) is 9.38. The number of likely N-dealkylation sites (N-methyl/N-ethyl adjacent to an activating group) is 1. The summed E-state index contributed by atoms with van der Waals surface area (Å²) in [5.41, 5.74) is 2.24. The normalized spacial score (nSPS) is 24.7. The molecule has 1 aliphatic carbocycles. The minimum absolute atomic E-state index is 0.0564. The molecule has 1 aliphatic heterocycles. The number of hydrogen-bond donors (Lipinski definition) is 2. The number of fused-ring (bicyclic) bond motifs is 1. The van der Waals surface area contributed by atoms with Crippen LogP contribution in [0.2, 0.25) is 0 Å². The van der Waals surface area contributed by atoms with E-state index in [9.17, 15) is 4.79 Å². The Morgan fingerprint density at radius 3 is 3.12 bits per heavy atom. The van der Waals surface area contributed by atoms with Gasteiger partial charge in [-0.1, -0.05) is 0 Å². The van der Waals surface area contributed by atoms with E-state index in [4.69, 9.17) is 0 Å². The van der Waals surface area contributed by atoms with E-state index in [0.29, 0.717) is 12.0 Å². The van der Waals surface area contributed by atoms with Crippen molar-refractivity contribution in [3.05, 3.63) is 36.3 Å². The predicted octanol–water partition coefficient (Wildman–Crippen LogP) is 1.69. The fraction of sp³-hybridized carbons (Fsp3) is 0.526. The Labute approximate surface area is 153 Å². The number of amides is 1. The van der Waals surface area contributed by atoms with Gasteiger partial charge in [-0.15, -0.1) is 0 Å². The van der Waals surface area contributed by atoms with Crippen LogP contribution >= 0.6 is 0 Å². The van der Waals surface area contributed by atoms with Gasteiger partial charge in [-0.2, -0.15) is 5.10 Å². The molecule has 2 aliphatic rings. The first-order valence-corrected chi connectivity index (χ1v) is 9.38. The molecular weight excluding hydrogens is 328 g/mol. The summed E-state index contributed by atoms with van der Waals surface area (Å²) in [6, 6.07) is 4.45. The molecule has 138 valence electrons. The summed E-state index contributed by atoms with van der Waals surface area (Å²) in [6.45, 7) is 2.73. The van der Waals surface area contributed by atoms with Gasteiger partial charge in [0.15, 0.2) is 5.82 Å². The Hall–Kier alpha value is -2.41. The predicted molar refractivity (Wildman–Crippen MR) is 101 cm³/mol. The highest BCUT2D eigenvalue weighted by Gasteiger charge is 2.29. The molecule has 0 atom stereocenters. The highest BCUT2D eigenvalue weighted by Crippen LogP contribution is 2.32. The molecule has 2 fully saturated rings. The largest absolute Gasteiger partial charge is 0.365 e. The summed E-state index contributed by atoms with van der Waals surface area (Å²) >= 11 is 0. The fourth-order valence-electron chi connectivity index (χ4n) is 3.85. The van der Waals surface area contributed by atoms with Crippen LogP contribution in [0.1, 0.15) is 25.7 Å². The average molecular weight is 354 g/mol. The van der Waals surface area contributed by atoms with Crippen LogP contribution < -0.4 is 10.6 Å². The van der Waals surface area contributed by atoms with Crippen LogP contribution in [0.3, 0.4) is 0 Å². The molecule has 7 heteroatoms. The van der Waals surface area contributed by atoms with Gasteiger partial charge in [-0.05, 0) is 56.4 Å². The number of carbonyl (C=O) groups is 1. The van der Waals surface area contributed by atoms with E-state index in [-0.39, 0.29) is 5.91 Å². The lowest BCUT2D eigenvalue weighted by atomic mass is 9.78. The Kier molecular flexibility index (Phi) is 4.88. The first kappa shape index (κ1) is 17.0. The van der Waals surface area contributed by atoms with Gasteiger partial charge in [0, 0.05) is 37.9 Å². The smallest absolute Gasteiger partial charge is 0.243 e. The third kappa shape index (κ3) is 3.88. The van der Waals surface area contributed by atoms with E-state index < -0.39 is 0 Å². The van der Waals surface area contributed by atoms with Crippen molar-refractivity contribution in [3.63, 3.8) is 0 Å². The molecule has 4 rings (SSSR count). The second kappa shape index (κ2) is 7.45. The van der Waals surface area contributed by atoms with Gasteiger partial charge in [-0.25, -0.2) is 9.50 Å². The van der Waals surface area contributed by atoms with Gasteiger partial charge in [0.1, 0.15) is 11.8 Å². The van der Waals surface area contributed by atoms with Gasteiger partial charge < -0.3 is 15.5 Å². The van der Waals surface area contributed by atoms with Crippen molar-refractivity contribution in [2.75, 3.05) is 32.0 Å². The van der Waals surface area contributed by atoms with Gasteiger partial charge in [0.2, 0.25) is 5.91 Å². The second-order valence-corrected chi connectivity index (χ2v) is 7.50. The van der Waals surface area contributed by atoms with Crippen LogP contribution in [0.5, 0.6) is 0 Å². The second-order valence-electron chi connectivity index (χ2n) is 7.50. The van der Waals surface area contributed by atoms with Gasteiger partial charge in [0.25, 0.3) is 0 Å². The molecule has 2 N–H and O–H groups in total. The maximum atomic E-state index is 12.0. The highest BCUT2D eigenvalue weighted by atomic mass is 16.1. The van der Waals surface area contributed by atoms with Crippen LogP contribution in [0.25, 0.3) is 5.52 Å². The van der Waals surface area contributed by atoms with E-state index in [0.717, 1.165) is 56.7 Å². The lowest BCUT2D eigenvalue weighted by molar-refractivity contribution is -0.116. The Morgan fingerprint density at radius 1 is 1.42 bits per heavy atom. The lowest BCUT2D eigenvalue weighted by Gasteiger charge is -2.36. The zero-order chi connectivity index (χ0) is 17.9. The number of nitrogens with one attached hydrogen (secondary N) is 2. The monoisotopic (exact) mass is 354 g/mol. The third-order valence-electron chi connectivity index (χ3n) is 5.38. The number of nitrogens with zero attached hydrogens (tertiary/aromatic N) is 4. The van der Waals surface area contributed by atoms with Gasteiger partial charge in [0.05, 0.1) is 0 Å². The molecule has 1 saturated carbocycles. The quantitative estimate of drug-likeness (QED) is 0.772. The van der Waals surface area contributed by atoms with Crippen molar-refractivity contribution in [3.8, 4) is 0 Å². The number of likely N-dealkylation sites (tertiary alicyclic amines) is 1. The van der Waals surface area contributed by atoms with Crippen molar-refractivity contribution in [1.82, 2.24) is 24.8 Å². The summed E-state index contributed by atoms with van der Waals surface area (Å²) in [7, 11) is 2.09. The Morgan fingerprint density at radius 2 is 2.31 bits per heavy atom. The van der Waals surface area contributed by atoms with Gasteiger partial charge in [-0.3, -0.25) is 4.79 Å². The van der Waals surface area contributed by atoms with E-state index in [1.165, 1.54) is 5.57 Å². The lowest BCUT2D eigenvalue weighted by Crippen LogP contribution is -2.37. The molecule has 0 spiro atoms. The highest BCUT2D eigenvalue weighted by molar-refractivity contribution is 5.88. The fourth-order valence-corrected chi connectivity index (χ4v) is 3.85. The number of carbonyl (C=O) groups excluding carboxylic acids is 1. The van der Waals surface area contributed by atoms with E-state index >= 15 is 0 Å². The van der Waals surface area contributed by atoms with Crippen LogP contribution in [0.4, 0.5) is 5.82 Å². The molecule has 1 saturated heterocycles. The Bertz CT molecular complexity index is 807. The number of rotatable bonds is 6. The minimum atomic E-state index is 0.0564. The molecular formula is C19H26N6O. The number of hydrogen-bond acceptors (Lipinski definition) is 5. The third-order valence-corrected chi connectivity index (χ3v) is 5.38. The number of aromatic nitrogens is 3. The van der Waals surface area contributed by atoms with Crippen molar-refractivity contribution in [2.24, 2.45) is 5.92 Å². The van der Waals surface area contributed by atoms with E-state index in [2.05, 4.69) is 32.7 Å². The van der Waals surface area contributed by atoms with Crippen LogP contribution in [0.15, 0.2) is 36.3 Å². The molecule has 0 radical (unpaired) electrons. The zero-order valence-electron chi connectivity index (χ0n) is 15.2. The molecule has 1 amide bonds. The molecule has 26 heavy (non-hydrogen) atoms. The summed E-state index contributed by atoms with van der Waals surface area (Å²) in [5, 5.41) is 10.7. The SMILES string of the molecule is CN1CC/C(=C\C(=O)NCCC2CC(Nc3ncnn4cccc34)C2)C1. The minimum Gasteiger partial charge on any atom is -0.365 e. The van der Waals surface area contributed by atoms with Crippen molar-refractivity contribution in [2.45, 2.75) is 31.7 Å². The topological polar surface area (TPSA) is 74.6 Å². The summed E-state index contributed by atoms with van der Waals surface area (Å²) in [5.74, 6) is 1.62. The standard InChI is InChI=1S/C19H26N6O/c1-24-8-5-15(12-24)11-18(26)20-6-4-14-9-16(10-14)23-19-17-3-2-7-25(17)22-13-21-19/h2-3,7,11,13-14,16H,4-6,8-10,12H2,1H3,(H,20,26)(H,21,22,23)/b15-11+. The van der Waals surface area contributed by atoms with Crippen molar-refractivity contribution >= 4 is 17.2 Å². The van der Waals surface area contributed by atoms with E-state index in [1.807, 2.05) is 22.8 Å². The van der Waals surface area contributed by atoms with Crippen LogP contribution in [-0.2, 0) is 4.79 Å². The molecule has 2 aromatic rings. The molecule has 0 bridgehead atoms. The molecule has 0 unspecified atom stereocenters. The Balaban J connectivity index is 1.17.